The topological polar surface area (TPSA) is 92.7 Å². The molecule has 2 aliphatic rings. The number of rotatable bonds is 9. The molecule has 1 saturated heterocycles. The van der Waals surface area contributed by atoms with Gasteiger partial charge >= 0.3 is 0 Å². The van der Waals surface area contributed by atoms with Crippen LogP contribution in [0.3, 0.4) is 0 Å². The number of hydrogen-bond acceptors (Lipinski definition) is 5. The molecule has 1 saturated carbocycles. The fourth-order valence-electron chi connectivity index (χ4n) is 5.27. The van der Waals surface area contributed by atoms with Crippen molar-refractivity contribution in [3.05, 3.63) is 33.7 Å². The standard InChI is InChI=1S/C27H44N4O4/c1-27(2,19-30(3)4)18-28-25(33)22-16-31(15-21-13-10-14-35-21)17-23(24(22)32)26(34)29-20-11-8-6-5-7-9-12-20/h16-17,20-21H,5-15,18-19H2,1-4H3,(H,28,33)(H,29,34). The van der Waals surface area contributed by atoms with E-state index in [0.717, 1.165) is 45.1 Å². The molecule has 1 aromatic heterocycles. The van der Waals surface area contributed by atoms with Crippen LogP contribution < -0.4 is 16.1 Å². The number of aromatic nitrogens is 1. The average molecular weight is 489 g/mol. The molecule has 1 aliphatic heterocycles. The first-order valence-electron chi connectivity index (χ1n) is 13.2. The minimum atomic E-state index is -0.514. The Labute approximate surface area is 209 Å². The van der Waals surface area contributed by atoms with E-state index >= 15 is 0 Å². The molecule has 2 N–H and O–H groups in total. The van der Waals surface area contributed by atoms with Gasteiger partial charge < -0.3 is 24.8 Å². The Bertz CT molecular complexity index is 910. The van der Waals surface area contributed by atoms with E-state index in [9.17, 15) is 14.4 Å². The number of hydrogen-bond donors (Lipinski definition) is 2. The highest BCUT2D eigenvalue weighted by Crippen LogP contribution is 2.18. The highest BCUT2D eigenvalue weighted by Gasteiger charge is 2.25. The lowest BCUT2D eigenvalue weighted by Gasteiger charge is -2.28. The number of ether oxygens (including phenoxy) is 1. The average Bonchev–Trinajstić information content (AvgIpc) is 3.27. The number of carbonyl (C=O) groups excluding carboxylic acids is 2. The lowest BCUT2D eigenvalue weighted by Crippen LogP contribution is -2.43. The number of pyridine rings is 1. The molecular weight excluding hydrogens is 444 g/mol. The predicted octanol–water partition coefficient (Wildman–Crippen LogP) is 3.19. The number of carbonyl (C=O) groups is 2. The van der Waals surface area contributed by atoms with Crippen molar-refractivity contribution in [1.82, 2.24) is 20.1 Å². The molecule has 8 heteroatoms. The van der Waals surface area contributed by atoms with Crippen LogP contribution in [0.2, 0.25) is 0 Å². The first-order valence-corrected chi connectivity index (χ1v) is 13.2. The molecule has 3 rings (SSSR count). The van der Waals surface area contributed by atoms with Crippen LogP contribution in [-0.4, -0.2) is 67.2 Å². The van der Waals surface area contributed by atoms with Crippen LogP contribution in [0.1, 0.15) is 92.4 Å². The van der Waals surface area contributed by atoms with Crippen LogP contribution in [-0.2, 0) is 11.3 Å². The van der Waals surface area contributed by atoms with Crippen molar-refractivity contribution in [2.45, 2.75) is 90.3 Å². The third kappa shape index (κ3) is 8.46. The molecule has 1 atom stereocenters. The maximum atomic E-state index is 13.3. The Balaban J connectivity index is 1.82. The van der Waals surface area contributed by atoms with E-state index < -0.39 is 11.3 Å². The lowest BCUT2D eigenvalue weighted by molar-refractivity contribution is 0.0908. The highest BCUT2D eigenvalue weighted by atomic mass is 16.5. The van der Waals surface area contributed by atoms with Gasteiger partial charge in [-0.25, -0.2) is 0 Å². The van der Waals surface area contributed by atoms with Crippen molar-refractivity contribution < 1.29 is 14.3 Å². The summed E-state index contributed by atoms with van der Waals surface area (Å²) in [7, 11) is 3.98. The third-order valence-electron chi connectivity index (χ3n) is 6.92. The molecule has 196 valence electrons. The summed E-state index contributed by atoms with van der Waals surface area (Å²) in [6, 6.07) is 0.0677. The summed E-state index contributed by atoms with van der Waals surface area (Å²) in [5, 5.41) is 6.02. The van der Waals surface area contributed by atoms with E-state index in [1.807, 2.05) is 14.1 Å². The number of nitrogens with zero attached hydrogens (tertiary/aromatic N) is 2. The van der Waals surface area contributed by atoms with E-state index in [-0.39, 0.29) is 34.6 Å². The van der Waals surface area contributed by atoms with Crippen molar-refractivity contribution in [1.29, 1.82) is 0 Å². The molecule has 1 aliphatic carbocycles. The molecule has 0 bridgehead atoms. The maximum absolute atomic E-state index is 13.3. The summed E-state index contributed by atoms with van der Waals surface area (Å²) in [5.41, 5.74) is -0.637. The number of amides is 2. The zero-order valence-corrected chi connectivity index (χ0v) is 22.0. The van der Waals surface area contributed by atoms with Gasteiger partial charge in [0.1, 0.15) is 11.1 Å². The molecule has 0 spiro atoms. The zero-order valence-electron chi connectivity index (χ0n) is 22.0. The third-order valence-corrected chi connectivity index (χ3v) is 6.92. The van der Waals surface area contributed by atoms with Crippen molar-refractivity contribution in [2.24, 2.45) is 5.41 Å². The molecule has 1 aromatic rings. The summed E-state index contributed by atoms with van der Waals surface area (Å²) < 4.78 is 7.54. The summed E-state index contributed by atoms with van der Waals surface area (Å²) in [4.78, 5) is 41.8. The largest absolute Gasteiger partial charge is 0.376 e. The second kappa shape index (κ2) is 12.7. The molecule has 0 radical (unpaired) electrons. The van der Waals surface area contributed by atoms with E-state index in [1.54, 1.807) is 17.0 Å². The fraction of sp³-hybridized carbons (Fsp3) is 0.741. The van der Waals surface area contributed by atoms with E-state index in [2.05, 4.69) is 29.4 Å². The smallest absolute Gasteiger partial charge is 0.256 e. The van der Waals surface area contributed by atoms with Gasteiger partial charge in [-0.15, -0.1) is 0 Å². The number of nitrogens with one attached hydrogen (secondary N) is 2. The van der Waals surface area contributed by atoms with Crippen LogP contribution in [0, 0.1) is 5.41 Å². The van der Waals surface area contributed by atoms with Crippen LogP contribution in [0.15, 0.2) is 17.2 Å². The Morgan fingerprint density at radius 1 is 1.00 bits per heavy atom. The van der Waals surface area contributed by atoms with Crippen molar-refractivity contribution >= 4 is 11.8 Å². The molecule has 2 heterocycles. The molecule has 1 unspecified atom stereocenters. The molecule has 35 heavy (non-hydrogen) atoms. The van der Waals surface area contributed by atoms with Gasteiger partial charge in [0.25, 0.3) is 11.8 Å². The summed E-state index contributed by atoms with van der Waals surface area (Å²) >= 11 is 0. The van der Waals surface area contributed by atoms with Gasteiger partial charge in [-0.05, 0) is 45.2 Å². The summed E-state index contributed by atoms with van der Waals surface area (Å²) in [6.45, 7) is 6.59. The van der Waals surface area contributed by atoms with Crippen molar-refractivity contribution in [2.75, 3.05) is 33.8 Å². The first-order chi connectivity index (χ1) is 16.6. The van der Waals surface area contributed by atoms with Gasteiger partial charge in [0.05, 0.1) is 6.10 Å². The molecule has 0 aromatic carbocycles. The second-order valence-corrected chi connectivity index (χ2v) is 11.3. The fourth-order valence-corrected chi connectivity index (χ4v) is 5.27. The van der Waals surface area contributed by atoms with E-state index in [4.69, 9.17) is 4.74 Å². The van der Waals surface area contributed by atoms with E-state index in [1.165, 1.54) is 19.3 Å². The normalized spacial score (nSPS) is 19.9. The van der Waals surface area contributed by atoms with Crippen LogP contribution in [0.4, 0.5) is 0 Å². The van der Waals surface area contributed by atoms with Crippen molar-refractivity contribution in [3.8, 4) is 0 Å². The molecule has 2 fully saturated rings. The Morgan fingerprint density at radius 3 is 2.23 bits per heavy atom. The minimum absolute atomic E-state index is 0.00830. The monoisotopic (exact) mass is 488 g/mol. The summed E-state index contributed by atoms with van der Waals surface area (Å²) in [5.74, 6) is -0.826. The Kier molecular flexibility index (Phi) is 9.92. The predicted molar refractivity (Wildman–Crippen MR) is 138 cm³/mol. The second-order valence-electron chi connectivity index (χ2n) is 11.3. The van der Waals surface area contributed by atoms with Crippen molar-refractivity contribution in [3.63, 3.8) is 0 Å². The minimum Gasteiger partial charge on any atom is -0.376 e. The lowest BCUT2D eigenvalue weighted by atomic mass is 9.93. The quantitative estimate of drug-likeness (QED) is 0.557. The Hall–Kier alpha value is -2.19. The molecule has 2 amide bonds. The SMILES string of the molecule is CN(C)CC(C)(C)CNC(=O)c1cn(CC2CCCO2)cc(C(=O)NC2CCCCCCC2)c1=O. The van der Waals surface area contributed by atoms with Gasteiger partial charge in [0.15, 0.2) is 0 Å². The Morgan fingerprint density at radius 2 is 1.63 bits per heavy atom. The molecular formula is C27H44N4O4. The van der Waals surface area contributed by atoms with Gasteiger partial charge in [0.2, 0.25) is 5.43 Å². The van der Waals surface area contributed by atoms with Crippen LogP contribution in [0.5, 0.6) is 0 Å². The van der Waals surface area contributed by atoms with Gasteiger partial charge in [-0.1, -0.05) is 46.0 Å². The maximum Gasteiger partial charge on any atom is 0.256 e. The van der Waals surface area contributed by atoms with Gasteiger partial charge in [0, 0.05) is 44.7 Å². The molecule has 8 nitrogen and oxygen atoms in total. The van der Waals surface area contributed by atoms with Gasteiger partial charge in [-0.3, -0.25) is 14.4 Å². The highest BCUT2D eigenvalue weighted by molar-refractivity contribution is 5.99. The van der Waals surface area contributed by atoms with E-state index in [0.29, 0.717) is 19.7 Å². The van der Waals surface area contributed by atoms with Gasteiger partial charge in [-0.2, -0.15) is 0 Å². The zero-order chi connectivity index (χ0) is 25.4. The summed E-state index contributed by atoms with van der Waals surface area (Å²) in [6.07, 6.45) is 12.7. The van der Waals surface area contributed by atoms with Crippen LogP contribution >= 0.6 is 0 Å². The van der Waals surface area contributed by atoms with Crippen LogP contribution in [0.25, 0.3) is 0 Å². The first kappa shape index (κ1) is 27.4.